The summed E-state index contributed by atoms with van der Waals surface area (Å²) < 4.78 is 10.3. The van der Waals surface area contributed by atoms with Gasteiger partial charge in [-0.15, -0.1) is 0 Å². The first kappa shape index (κ1) is 30.9. The van der Waals surface area contributed by atoms with Crippen LogP contribution in [0.3, 0.4) is 0 Å². The molecule has 0 aromatic carbocycles. The molecule has 2 aliphatic rings. The van der Waals surface area contributed by atoms with E-state index in [0.29, 0.717) is 25.3 Å². The monoisotopic (exact) mass is 504 g/mol. The van der Waals surface area contributed by atoms with Crippen LogP contribution in [0.2, 0.25) is 0 Å². The average molecular weight is 505 g/mol. The molecular formula is C32H56O4. The van der Waals surface area contributed by atoms with Crippen LogP contribution in [0.5, 0.6) is 0 Å². The lowest BCUT2D eigenvalue weighted by molar-refractivity contribution is -0.141. The lowest BCUT2D eigenvalue weighted by atomic mass is 9.68. The van der Waals surface area contributed by atoms with E-state index in [1.54, 1.807) is 6.92 Å². The Morgan fingerprint density at radius 2 is 1.33 bits per heavy atom. The summed E-state index contributed by atoms with van der Waals surface area (Å²) in [6.45, 7) is 8.68. The number of ether oxygens (including phenoxy) is 2. The van der Waals surface area contributed by atoms with Gasteiger partial charge in [-0.2, -0.15) is 0 Å². The topological polar surface area (TPSA) is 52.6 Å². The minimum atomic E-state index is -0.365. The molecule has 208 valence electrons. The summed E-state index contributed by atoms with van der Waals surface area (Å²) in [5.74, 6) is 3.52. The Morgan fingerprint density at radius 1 is 0.806 bits per heavy atom. The summed E-state index contributed by atoms with van der Waals surface area (Å²) in [5.41, 5.74) is 0.406. The number of esters is 1. The number of hydrogen-bond acceptors (Lipinski definition) is 4. The molecule has 0 saturated heterocycles. The van der Waals surface area contributed by atoms with E-state index in [1.165, 1.54) is 109 Å². The van der Waals surface area contributed by atoms with Crippen molar-refractivity contribution in [3.63, 3.8) is 0 Å². The van der Waals surface area contributed by atoms with Crippen LogP contribution in [0.15, 0.2) is 12.2 Å². The quantitative estimate of drug-likeness (QED) is 0.0763. The van der Waals surface area contributed by atoms with Gasteiger partial charge in [0.05, 0.1) is 13.2 Å². The number of unbranched alkanes of at least 4 members (excludes halogenated alkanes) is 6. The fourth-order valence-corrected chi connectivity index (χ4v) is 6.69. The molecule has 2 fully saturated rings. The third-order valence-corrected chi connectivity index (χ3v) is 9.09. The molecule has 0 aliphatic heterocycles. The van der Waals surface area contributed by atoms with Gasteiger partial charge in [0.2, 0.25) is 0 Å². The zero-order chi connectivity index (χ0) is 26.0. The third kappa shape index (κ3) is 12.8. The molecule has 2 saturated carbocycles. The van der Waals surface area contributed by atoms with Crippen LogP contribution >= 0.6 is 0 Å². The fourth-order valence-electron chi connectivity index (χ4n) is 6.69. The molecule has 2 rings (SSSR count). The summed E-state index contributed by atoms with van der Waals surface area (Å²) in [5, 5.41) is 0. The standard InChI is InChI=1S/C32H56O4/c1-4-5-6-7-8-9-10-12-27-15-19-30(20-16-27)31-21-17-28(18-22-31)13-11-14-29(23-35-25-33)24-36-32(34)26(2)3/h25,27-31H,2,4-24H2,1,3H3. The van der Waals surface area contributed by atoms with Crippen molar-refractivity contribution in [2.75, 3.05) is 13.2 Å². The van der Waals surface area contributed by atoms with Crippen LogP contribution in [-0.4, -0.2) is 25.7 Å². The Labute approximate surface area is 222 Å². The van der Waals surface area contributed by atoms with Gasteiger partial charge < -0.3 is 9.47 Å². The van der Waals surface area contributed by atoms with E-state index in [2.05, 4.69) is 13.5 Å². The molecule has 0 bridgehead atoms. The van der Waals surface area contributed by atoms with Crippen LogP contribution < -0.4 is 0 Å². The Bertz CT molecular complexity index is 599. The second-order valence-corrected chi connectivity index (χ2v) is 12.1. The van der Waals surface area contributed by atoms with Crippen molar-refractivity contribution >= 4 is 12.4 Å². The smallest absolute Gasteiger partial charge is 0.333 e. The van der Waals surface area contributed by atoms with E-state index in [0.717, 1.165) is 36.5 Å². The molecule has 0 spiro atoms. The highest BCUT2D eigenvalue weighted by atomic mass is 16.5. The van der Waals surface area contributed by atoms with Crippen molar-refractivity contribution in [3.8, 4) is 0 Å². The number of carbonyl (C=O) groups is 2. The Balaban J connectivity index is 1.55. The second-order valence-electron chi connectivity index (χ2n) is 12.1. The van der Waals surface area contributed by atoms with E-state index >= 15 is 0 Å². The van der Waals surface area contributed by atoms with E-state index in [9.17, 15) is 9.59 Å². The fraction of sp³-hybridized carbons (Fsp3) is 0.875. The SMILES string of the molecule is C=C(C)C(=O)OCC(CCCC1CCC(C2CCC(CCCCCCCCC)CC2)CC1)COC=O. The van der Waals surface area contributed by atoms with E-state index in [1.807, 2.05) is 0 Å². The minimum absolute atomic E-state index is 0.0751. The predicted molar refractivity (Wildman–Crippen MR) is 149 cm³/mol. The first-order valence-electron chi connectivity index (χ1n) is 15.4. The van der Waals surface area contributed by atoms with E-state index in [-0.39, 0.29) is 11.9 Å². The molecule has 36 heavy (non-hydrogen) atoms. The molecule has 0 N–H and O–H groups in total. The van der Waals surface area contributed by atoms with Gasteiger partial charge >= 0.3 is 5.97 Å². The molecule has 0 radical (unpaired) electrons. The van der Waals surface area contributed by atoms with Crippen LogP contribution in [0, 0.1) is 29.6 Å². The summed E-state index contributed by atoms with van der Waals surface area (Å²) in [4.78, 5) is 22.3. The van der Waals surface area contributed by atoms with E-state index < -0.39 is 0 Å². The maximum Gasteiger partial charge on any atom is 0.333 e. The highest BCUT2D eigenvalue weighted by Gasteiger charge is 2.30. The lowest BCUT2D eigenvalue weighted by Gasteiger charge is -2.38. The molecule has 2 aliphatic carbocycles. The van der Waals surface area contributed by atoms with Gasteiger partial charge in [0, 0.05) is 11.5 Å². The highest BCUT2D eigenvalue weighted by Crippen LogP contribution is 2.43. The molecule has 0 aromatic heterocycles. The third-order valence-electron chi connectivity index (χ3n) is 9.09. The summed E-state index contributed by atoms with van der Waals surface area (Å²) >= 11 is 0. The summed E-state index contributed by atoms with van der Waals surface area (Å²) in [6.07, 6.45) is 26.3. The summed E-state index contributed by atoms with van der Waals surface area (Å²) in [6, 6.07) is 0. The first-order chi connectivity index (χ1) is 17.5. The number of rotatable bonds is 19. The maximum absolute atomic E-state index is 11.7. The maximum atomic E-state index is 11.7. The van der Waals surface area contributed by atoms with E-state index in [4.69, 9.17) is 9.47 Å². The molecule has 0 amide bonds. The van der Waals surface area contributed by atoms with Gasteiger partial charge in [0.1, 0.15) is 0 Å². The largest absolute Gasteiger partial charge is 0.467 e. The normalized spacial score (nSPS) is 25.2. The number of hydrogen-bond donors (Lipinski definition) is 0. The van der Waals surface area contributed by atoms with Crippen molar-refractivity contribution < 1.29 is 19.1 Å². The van der Waals surface area contributed by atoms with Gasteiger partial charge in [-0.25, -0.2) is 4.79 Å². The van der Waals surface area contributed by atoms with Crippen LogP contribution in [0.1, 0.15) is 136 Å². The van der Waals surface area contributed by atoms with Gasteiger partial charge in [0.15, 0.2) is 0 Å². The van der Waals surface area contributed by atoms with Crippen molar-refractivity contribution in [1.82, 2.24) is 0 Å². The Kier molecular flexibility index (Phi) is 16.2. The minimum Gasteiger partial charge on any atom is -0.467 e. The van der Waals surface area contributed by atoms with Gasteiger partial charge in [-0.1, -0.05) is 103 Å². The molecule has 4 nitrogen and oxygen atoms in total. The molecule has 4 heteroatoms. The summed E-state index contributed by atoms with van der Waals surface area (Å²) in [7, 11) is 0. The van der Waals surface area contributed by atoms with Gasteiger partial charge in [0.25, 0.3) is 6.47 Å². The van der Waals surface area contributed by atoms with Crippen molar-refractivity contribution in [3.05, 3.63) is 12.2 Å². The van der Waals surface area contributed by atoms with Gasteiger partial charge in [-0.05, 0) is 62.7 Å². The van der Waals surface area contributed by atoms with Crippen LogP contribution in [0.4, 0.5) is 0 Å². The second kappa shape index (κ2) is 18.9. The Morgan fingerprint density at radius 3 is 1.86 bits per heavy atom. The predicted octanol–water partition coefficient (Wildman–Crippen LogP) is 8.82. The van der Waals surface area contributed by atoms with Crippen molar-refractivity contribution in [2.24, 2.45) is 29.6 Å². The zero-order valence-electron chi connectivity index (χ0n) is 23.7. The highest BCUT2D eigenvalue weighted by molar-refractivity contribution is 5.86. The first-order valence-corrected chi connectivity index (χ1v) is 15.4. The zero-order valence-corrected chi connectivity index (χ0v) is 23.7. The van der Waals surface area contributed by atoms with Crippen molar-refractivity contribution in [1.29, 1.82) is 0 Å². The van der Waals surface area contributed by atoms with Crippen LogP contribution in [0.25, 0.3) is 0 Å². The van der Waals surface area contributed by atoms with Crippen molar-refractivity contribution in [2.45, 2.75) is 136 Å². The molecule has 1 atom stereocenters. The molecule has 0 aromatic rings. The molecule has 1 unspecified atom stereocenters. The molecule has 0 heterocycles. The van der Waals surface area contributed by atoms with Crippen LogP contribution in [-0.2, 0) is 19.1 Å². The Hall–Kier alpha value is -1.32. The lowest BCUT2D eigenvalue weighted by Crippen LogP contribution is -2.26. The molecular weight excluding hydrogens is 448 g/mol. The number of carbonyl (C=O) groups excluding carboxylic acids is 2. The van der Waals surface area contributed by atoms with Gasteiger partial charge in [-0.3, -0.25) is 4.79 Å². The average Bonchev–Trinajstić information content (AvgIpc) is 2.90.